The minimum absolute atomic E-state index is 0.168. The van der Waals surface area contributed by atoms with Gasteiger partial charge in [-0.2, -0.15) is 5.26 Å². The molecule has 1 saturated heterocycles. The summed E-state index contributed by atoms with van der Waals surface area (Å²) in [7, 11) is 0. The van der Waals surface area contributed by atoms with Crippen LogP contribution in [0.4, 0.5) is 0 Å². The third kappa shape index (κ3) is 2.90. The summed E-state index contributed by atoms with van der Waals surface area (Å²) in [5, 5.41) is 13.1. The zero-order chi connectivity index (χ0) is 14.9. The molecule has 0 spiro atoms. The SMILES string of the molecule is CC1(C)Cc2cccc(C(C#N)N3CCCNCC3)c2O1. The second-order valence-corrected chi connectivity index (χ2v) is 6.55. The maximum absolute atomic E-state index is 9.72. The molecule has 1 aromatic rings. The second-order valence-electron chi connectivity index (χ2n) is 6.55. The molecule has 4 nitrogen and oxygen atoms in total. The molecule has 0 aromatic heterocycles. The molecule has 1 N–H and O–H groups in total. The van der Waals surface area contributed by atoms with Crippen molar-refractivity contribution in [3.63, 3.8) is 0 Å². The Labute approximate surface area is 126 Å². The largest absolute Gasteiger partial charge is 0.487 e. The highest BCUT2D eigenvalue weighted by molar-refractivity contribution is 5.48. The monoisotopic (exact) mass is 285 g/mol. The number of hydrogen-bond acceptors (Lipinski definition) is 4. The van der Waals surface area contributed by atoms with Crippen LogP contribution in [-0.4, -0.2) is 36.7 Å². The predicted molar refractivity (Wildman–Crippen MR) is 82.3 cm³/mol. The Morgan fingerprint density at radius 2 is 2.19 bits per heavy atom. The molecule has 0 aliphatic carbocycles. The minimum Gasteiger partial charge on any atom is -0.487 e. The zero-order valence-electron chi connectivity index (χ0n) is 12.9. The first-order valence-electron chi connectivity index (χ1n) is 7.76. The molecule has 3 rings (SSSR count). The zero-order valence-corrected chi connectivity index (χ0v) is 12.9. The van der Waals surface area contributed by atoms with Crippen LogP contribution in [0.15, 0.2) is 18.2 Å². The molecule has 4 heteroatoms. The van der Waals surface area contributed by atoms with Crippen LogP contribution in [0.25, 0.3) is 0 Å². The van der Waals surface area contributed by atoms with Gasteiger partial charge in [0, 0.05) is 31.6 Å². The maximum atomic E-state index is 9.72. The Kier molecular flexibility index (Phi) is 3.88. The number of rotatable bonds is 2. The standard InChI is InChI=1S/C17H23N3O/c1-17(2)11-13-5-3-6-14(16(13)21-17)15(12-18)20-9-4-7-19-8-10-20/h3,5-6,15,19H,4,7-11H2,1-2H3. The van der Waals surface area contributed by atoms with E-state index in [9.17, 15) is 5.26 Å². The van der Waals surface area contributed by atoms with Crippen molar-refractivity contribution in [3.8, 4) is 11.8 Å². The Morgan fingerprint density at radius 3 is 3.00 bits per heavy atom. The average molecular weight is 285 g/mol. The summed E-state index contributed by atoms with van der Waals surface area (Å²) in [4.78, 5) is 2.27. The molecule has 2 aliphatic heterocycles. The molecular formula is C17H23N3O. The molecule has 0 saturated carbocycles. The number of para-hydroxylation sites is 1. The fourth-order valence-electron chi connectivity index (χ4n) is 3.33. The van der Waals surface area contributed by atoms with Crippen LogP contribution >= 0.6 is 0 Å². The van der Waals surface area contributed by atoms with Gasteiger partial charge in [0.2, 0.25) is 0 Å². The summed E-state index contributed by atoms with van der Waals surface area (Å²) in [6.07, 6.45) is 2.00. The lowest BCUT2D eigenvalue weighted by atomic mass is 9.98. The number of benzene rings is 1. The quantitative estimate of drug-likeness (QED) is 0.905. The summed E-state index contributed by atoms with van der Waals surface area (Å²) in [6.45, 7) is 8.05. The van der Waals surface area contributed by atoms with Gasteiger partial charge in [-0.25, -0.2) is 0 Å². The predicted octanol–water partition coefficient (Wildman–Crippen LogP) is 2.26. The Hall–Kier alpha value is -1.57. The number of nitrogens with one attached hydrogen (secondary N) is 1. The van der Waals surface area contributed by atoms with Gasteiger partial charge in [0.15, 0.2) is 0 Å². The summed E-state index contributed by atoms with van der Waals surface area (Å²) in [5.41, 5.74) is 2.09. The van der Waals surface area contributed by atoms with Crippen LogP contribution in [0.2, 0.25) is 0 Å². The first kappa shape index (κ1) is 14.4. The van der Waals surface area contributed by atoms with Crippen LogP contribution in [0, 0.1) is 11.3 Å². The molecule has 1 fully saturated rings. The van der Waals surface area contributed by atoms with Crippen molar-refractivity contribution in [1.29, 1.82) is 5.26 Å². The Morgan fingerprint density at radius 1 is 1.33 bits per heavy atom. The van der Waals surface area contributed by atoms with Crippen LogP contribution < -0.4 is 10.1 Å². The lowest BCUT2D eigenvalue weighted by molar-refractivity contribution is 0.134. The molecule has 2 heterocycles. The van der Waals surface area contributed by atoms with Gasteiger partial charge in [0.1, 0.15) is 17.4 Å². The van der Waals surface area contributed by atoms with Crippen molar-refractivity contribution in [1.82, 2.24) is 10.2 Å². The van der Waals surface area contributed by atoms with Crippen LogP contribution in [0.1, 0.15) is 37.4 Å². The third-order valence-electron chi connectivity index (χ3n) is 4.28. The first-order valence-corrected chi connectivity index (χ1v) is 7.76. The average Bonchev–Trinajstić information content (AvgIpc) is 2.63. The summed E-state index contributed by atoms with van der Waals surface area (Å²) in [6, 6.07) is 8.50. The van der Waals surface area contributed by atoms with E-state index in [1.807, 2.05) is 6.07 Å². The molecule has 0 bridgehead atoms. The molecule has 21 heavy (non-hydrogen) atoms. The summed E-state index contributed by atoms with van der Waals surface area (Å²) < 4.78 is 6.14. The highest BCUT2D eigenvalue weighted by atomic mass is 16.5. The van der Waals surface area contributed by atoms with E-state index in [2.05, 4.69) is 42.3 Å². The molecule has 1 atom stereocenters. The van der Waals surface area contributed by atoms with E-state index in [1.165, 1.54) is 5.56 Å². The fourth-order valence-corrected chi connectivity index (χ4v) is 3.33. The lowest BCUT2D eigenvalue weighted by Gasteiger charge is -2.27. The van der Waals surface area contributed by atoms with Gasteiger partial charge >= 0.3 is 0 Å². The fraction of sp³-hybridized carbons (Fsp3) is 0.588. The molecular weight excluding hydrogens is 262 g/mol. The van der Waals surface area contributed by atoms with Gasteiger partial charge in [-0.1, -0.05) is 18.2 Å². The highest BCUT2D eigenvalue weighted by Gasteiger charge is 2.34. The highest BCUT2D eigenvalue weighted by Crippen LogP contribution is 2.41. The van der Waals surface area contributed by atoms with Gasteiger partial charge in [0.05, 0.1) is 6.07 Å². The van der Waals surface area contributed by atoms with E-state index >= 15 is 0 Å². The van der Waals surface area contributed by atoms with E-state index in [-0.39, 0.29) is 11.6 Å². The molecule has 2 aliphatic rings. The first-order chi connectivity index (χ1) is 10.1. The normalized spacial score (nSPS) is 22.7. The van der Waals surface area contributed by atoms with Gasteiger partial charge < -0.3 is 10.1 Å². The molecule has 0 amide bonds. The molecule has 0 radical (unpaired) electrons. The van der Waals surface area contributed by atoms with E-state index in [4.69, 9.17) is 4.74 Å². The summed E-state index contributed by atoms with van der Waals surface area (Å²) in [5.74, 6) is 0.936. The Balaban J connectivity index is 1.92. The van der Waals surface area contributed by atoms with Crippen molar-refractivity contribution < 1.29 is 4.74 Å². The van der Waals surface area contributed by atoms with E-state index < -0.39 is 0 Å². The number of fused-ring (bicyclic) bond motifs is 1. The van der Waals surface area contributed by atoms with E-state index in [0.717, 1.165) is 50.3 Å². The van der Waals surface area contributed by atoms with Crippen molar-refractivity contribution in [2.24, 2.45) is 0 Å². The number of nitrogens with zero attached hydrogens (tertiary/aromatic N) is 2. The molecule has 112 valence electrons. The third-order valence-corrected chi connectivity index (χ3v) is 4.28. The Bertz CT molecular complexity index is 554. The van der Waals surface area contributed by atoms with Gasteiger partial charge in [0.25, 0.3) is 0 Å². The van der Waals surface area contributed by atoms with Crippen molar-refractivity contribution in [2.75, 3.05) is 26.2 Å². The van der Waals surface area contributed by atoms with Crippen molar-refractivity contribution in [2.45, 2.75) is 38.3 Å². The summed E-state index contributed by atoms with van der Waals surface area (Å²) >= 11 is 0. The minimum atomic E-state index is -0.214. The molecule has 1 aromatic carbocycles. The van der Waals surface area contributed by atoms with Crippen molar-refractivity contribution in [3.05, 3.63) is 29.3 Å². The molecule has 1 unspecified atom stereocenters. The number of nitriles is 1. The van der Waals surface area contributed by atoms with E-state index in [0.29, 0.717) is 0 Å². The van der Waals surface area contributed by atoms with E-state index in [1.54, 1.807) is 0 Å². The van der Waals surface area contributed by atoms with Crippen molar-refractivity contribution >= 4 is 0 Å². The number of ether oxygens (including phenoxy) is 1. The topological polar surface area (TPSA) is 48.3 Å². The van der Waals surface area contributed by atoms with Gasteiger partial charge in [-0.05, 0) is 32.4 Å². The van der Waals surface area contributed by atoms with Crippen LogP contribution in [0.5, 0.6) is 5.75 Å². The smallest absolute Gasteiger partial charge is 0.129 e. The second kappa shape index (κ2) is 5.67. The van der Waals surface area contributed by atoms with Crippen LogP contribution in [0.3, 0.4) is 0 Å². The maximum Gasteiger partial charge on any atom is 0.129 e. The van der Waals surface area contributed by atoms with Gasteiger partial charge in [-0.3, -0.25) is 4.90 Å². The lowest BCUT2D eigenvalue weighted by Crippen LogP contribution is -2.32. The van der Waals surface area contributed by atoms with Crippen LogP contribution in [-0.2, 0) is 6.42 Å². The number of hydrogen-bond donors (Lipinski definition) is 1. The van der Waals surface area contributed by atoms with Gasteiger partial charge in [-0.15, -0.1) is 0 Å².